The fraction of sp³-hybridized carbons (Fsp3) is 0.0625. The molecule has 3 N–H and O–H groups in total. The van der Waals surface area contributed by atoms with E-state index < -0.39 is 11.2 Å². The zero-order chi connectivity index (χ0) is 15.0. The van der Waals surface area contributed by atoms with Crippen LogP contribution in [0.15, 0.2) is 51.7 Å². The molecule has 1 aromatic heterocycles. The van der Waals surface area contributed by atoms with Gasteiger partial charge in [-0.2, -0.15) is 0 Å². The van der Waals surface area contributed by atoms with Gasteiger partial charge >= 0.3 is 0 Å². The van der Waals surface area contributed by atoms with Crippen LogP contribution < -0.4 is 15.9 Å². The van der Waals surface area contributed by atoms with Gasteiger partial charge in [-0.1, -0.05) is 0 Å². The van der Waals surface area contributed by atoms with E-state index in [0.29, 0.717) is 22.6 Å². The van der Waals surface area contributed by atoms with Crippen molar-refractivity contribution in [1.29, 1.82) is 0 Å². The molecule has 0 atom stereocenters. The molecule has 0 unspecified atom stereocenters. The van der Waals surface area contributed by atoms with Crippen molar-refractivity contribution in [2.24, 2.45) is 0 Å². The normalized spacial score (nSPS) is 10.7. The highest BCUT2D eigenvalue weighted by Gasteiger charge is 2.15. The molecule has 5 heteroatoms. The summed E-state index contributed by atoms with van der Waals surface area (Å²) in [5.41, 5.74) is 6.54. The Morgan fingerprint density at radius 1 is 1.14 bits per heavy atom. The molecule has 0 bridgehead atoms. The Bertz CT molecular complexity index is 866. The summed E-state index contributed by atoms with van der Waals surface area (Å²) in [5.74, 6) is 0.368. The van der Waals surface area contributed by atoms with Crippen LogP contribution in [0, 0.1) is 0 Å². The molecule has 3 rings (SSSR count). The van der Waals surface area contributed by atoms with Crippen LogP contribution in [0.25, 0.3) is 22.3 Å². The van der Waals surface area contributed by atoms with E-state index in [0.717, 1.165) is 0 Å². The summed E-state index contributed by atoms with van der Waals surface area (Å²) in [7, 11) is 1.56. The zero-order valence-electron chi connectivity index (χ0n) is 11.3. The molecule has 0 aliphatic carbocycles. The van der Waals surface area contributed by atoms with Gasteiger partial charge in [-0.15, -0.1) is 0 Å². The van der Waals surface area contributed by atoms with Gasteiger partial charge in [-0.25, -0.2) is 0 Å². The first-order valence-electron chi connectivity index (χ1n) is 6.30. The molecule has 0 spiro atoms. The first-order chi connectivity index (χ1) is 10.1. The minimum absolute atomic E-state index is 0.125. The molecule has 0 fully saturated rings. The molecule has 0 aliphatic rings. The van der Waals surface area contributed by atoms with Crippen molar-refractivity contribution in [3.8, 4) is 22.8 Å². The molecule has 0 saturated carbocycles. The number of nitrogens with two attached hydrogens (primary N) is 1. The molecule has 0 amide bonds. The van der Waals surface area contributed by atoms with Crippen LogP contribution in [0.4, 0.5) is 5.69 Å². The Labute approximate surface area is 120 Å². The van der Waals surface area contributed by atoms with E-state index in [1.54, 1.807) is 43.5 Å². The summed E-state index contributed by atoms with van der Waals surface area (Å²) in [6.45, 7) is 0. The van der Waals surface area contributed by atoms with Gasteiger partial charge in [-0.05, 0) is 42.5 Å². The maximum atomic E-state index is 12.2. The minimum Gasteiger partial charge on any atom is -0.502 e. The van der Waals surface area contributed by atoms with Crippen molar-refractivity contribution in [3.05, 3.63) is 52.7 Å². The maximum Gasteiger partial charge on any atom is 0.235 e. The summed E-state index contributed by atoms with van der Waals surface area (Å²) in [6.07, 6.45) is 0. The van der Waals surface area contributed by atoms with Gasteiger partial charge in [0.2, 0.25) is 11.2 Å². The lowest BCUT2D eigenvalue weighted by Gasteiger charge is -2.07. The largest absolute Gasteiger partial charge is 0.502 e. The molecule has 2 aromatic carbocycles. The number of anilines is 1. The quantitative estimate of drug-likeness (QED) is 0.706. The minimum atomic E-state index is -0.505. The number of aromatic hydroxyl groups is 1. The fourth-order valence-electron chi connectivity index (χ4n) is 2.14. The molecule has 0 saturated heterocycles. The third kappa shape index (κ3) is 2.18. The number of benzene rings is 2. The maximum absolute atomic E-state index is 12.2. The molecule has 1 heterocycles. The smallest absolute Gasteiger partial charge is 0.235 e. The predicted octanol–water partition coefficient (Wildman–Crippen LogP) is 2.76. The lowest BCUT2D eigenvalue weighted by Crippen LogP contribution is -2.03. The van der Waals surface area contributed by atoms with Crippen LogP contribution in [0.2, 0.25) is 0 Å². The fourth-order valence-corrected chi connectivity index (χ4v) is 2.14. The van der Waals surface area contributed by atoms with Crippen LogP contribution in [0.1, 0.15) is 0 Å². The monoisotopic (exact) mass is 283 g/mol. The van der Waals surface area contributed by atoms with Crippen LogP contribution in [-0.4, -0.2) is 12.2 Å². The Morgan fingerprint density at radius 2 is 1.86 bits per heavy atom. The third-order valence-corrected chi connectivity index (χ3v) is 3.24. The average Bonchev–Trinajstić information content (AvgIpc) is 2.51. The summed E-state index contributed by atoms with van der Waals surface area (Å²) >= 11 is 0. The average molecular weight is 283 g/mol. The Balaban J connectivity index is 2.25. The molecule has 3 aromatic rings. The summed E-state index contributed by atoms with van der Waals surface area (Å²) in [4.78, 5) is 12.2. The van der Waals surface area contributed by atoms with E-state index in [4.69, 9.17) is 14.9 Å². The standard InChI is InChI=1S/C16H13NO4/c1-20-11-5-2-9(3-6-11)16-15(19)14(18)12-8-10(17)4-7-13(12)21-16/h2-8,19H,17H2,1H3. The van der Waals surface area contributed by atoms with Gasteiger partial charge in [0.05, 0.1) is 12.5 Å². The van der Waals surface area contributed by atoms with Crippen LogP contribution in [0.5, 0.6) is 11.5 Å². The number of hydrogen-bond donors (Lipinski definition) is 2. The Morgan fingerprint density at radius 3 is 2.52 bits per heavy atom. The number of nitrogen functional groups attached to an aromatic ring is 1. The second kappa shape index (κ2) is 4.86. The third-order valence-electron chi connectivity index (χ3n) is 3.24. The lowest BCUT2D eigenvalue weighted by atomic mass is 10.1. The van der Waals surface area contributed by atoms with E-state index in [9.17, 15) is 9.90 Å². The van der Waals surface area contributed by atoms with Crippen molar-refractivity contribution < 1.29 is 14.3 Å². The number of fused-ring (bicyclic) bond motifs is 1. The number of rotatable bonds is 2. The van der Waals surface area contributed by atoms with Crippen molar-refractivity contribution in [3.63, 3.8) is 0 Å². The number of ether oxygens (including phenoxy) is 1. The van der Waals surface area contributed by atoms with E-state index in [1.165, 1.54) is 6.07 Å². The number of methoxy groups -OCH3 is 1. The first-order valence-corrected chi connectivity index (χ1v) is 6.30. The van der Waals surface area contributed by atoms with Crippen LogP contribution in [-0.2, 0) is 0 Å². The SMILES string of the molecule is COc1ccc(-c2oc3ccc(N)cc3c(=O)c2O)cc1. The second-order valence-corrected chi connectivity index (χ2v) is 4.59. The van der Waals surface area contributed by atoms with Crippen molar-refractivity contribution in [1.82, 2.24) is 0 Å². The van der Waals surface area contributed by atoms with Gasteiger partial charge in [0.1, 0.15) is 11.3 Å². The highest BCUT2D eigenvalue weighted by atomic mass is 16.5. The first kappa shape index (κ1) is 13.1. The molecule has 21 heavy (non-hydrogen) atoms. The molecule has 5 nitrogen and oxygen atoms in total. The van der Waals surface area contributed by atoms with E-state index in [1.807, 2.05) is 0 Å². The summed E-state index contributed by atoms with van der Waals surface area (Å²) in [6, 6.07) is 11.6. The molecular formula is C16H13NO4. The van der Waals surface area contributed by atoms with Crippen molar-refractivity contribution in [2.45, 2.75) is 0 Å². The highest BCUT2D eigenvalue weighted by molar-refractivity contribution is 5.84. The molecule has 0 aliphatic heterocycles. The van der Waals surface area contributed by atoms with E-state index >= 15 is 0 Å². The van der Waals surface area contributed by atoms with Gasteiger partial charge in [0.25, 0.3) is 0 Å². The molecule has 106 valence electrons. The summed E-state index contributed by atoms with van der Waals surface area (Å²) in [5, 5.41) is 10.3. The van der Waals surface area contributed by atoms with Crippen molar-refractivity contribution >= 4 is 16.7 Å². The van der Waals surface area contributed by atoms with Gasteiger partial charge in [0.15, 0.2) is 5.76 Å². The predicted molar refractivity (Wildman–Crippen MR) is 80.5 cm³/mol. The van der Waals surface area contributed by atoms with E-state index in [-0.39, 0.29) is 11.1 Å². The zero-order valence-corrected chi connectivity index (χ0v) is 11.3. The topological polar surface area (TPSA) is 85.7 Å². The Hall–Kier alpha value is -2.95. The number of hydrogen-bond acceptors (Lipinski definition) is 5. The van der Waals surface area contributed by atoms with Gasteiger partial charge in [-0.3, -0.25) is 4.79 Å². The molecule has 0 radical (unpaired) electrons. The van der Waals surface area contributed by atoms with Crippen LogP contribution in [0.3, 0.4) is 0 Å². The second-order valence-electron chi connectivity index (χ2n) is 4.59. The summed E-state index contributed by atoms with van der Waals surface area (Å²) < 4.78 is 10.7. The van der Waals surface area contributed by atoms with Gasteiger partial charge < -0.3 is 20.0 Å². The molecular weight excluding hydrogens is 270 g/mol. The van der Waals surface area contributed by atoms with E-state index in [2.05, 4.69) is 0 Å². The lowest BCUT2D eigenvalue weighted by molar-refractivity contribution is 0.414. The van der Waals surface area contributed by atoms with Crippen LogP contribution >= 0.6 is 0 Å². The Kier molecular flexibility index (Phi) is 3.02. The van der Waals surface area contributed by atoms with Gasteiger partial charge in [0, 0.05) is 11.3 Å². The highest BCUT2D eigenvalue weighted by Crippen LogP contribution is 2.31. The van der Waals surface area contributed by atoms with Crippen molar-refractivity contribution in [2.75, 3.05) is 12.8 Å².